The van der Waals surface area contributed by atoms with Crippen LogP contribution in [0.25, 0.3) is 0 Å². The number of aryl methyl sites for hydroxylation is 2. The third-order valence-corrected chi connectivity index (χ3v) is 5.59. The van der Waals surface area contributed by atoms with Crippen molar-refractivity contribution in [1.82, 2.24) is 4.83 Å². The summed E-state index contributed by atoms with van der Waals surface area (Å²) in [6, 6.07) is 12.6. The van der Waals surface area contributed by atoms with Crippen LogP contribution in [0, 0.1) is 6.92 Å². The van der Waals surface area contributed by atoms with Gasteiger partial charge in [-0.25, -0.2) is 0 Å². The topological polar surface area (TPSA) is 67.8 Å². The third-order valence-electron chi connectivity index (χ3n) is 4.37. The lowest BCUT2D eigenvalue weighted by atomic mass is 10.0. The fourth-order valence-corrected chi connectivity index (χ4v) is 3.76. The van der Waals surface area contributed by atoms with Gasteiger partial charge in [-0.2, -0.15) is 18.4 Å². The monoisotopic (exact) mass is 358 g/mol. The van der Waals surface area contributed by atoms with Crippen LogP contribution in [0.4, 0.5) is 0 Å². The van der Waals surface area contributed by atoms with E-state index < -0.39 is 10.0 Å². The van der Waals surface area contributed by atoms with Gasteiger partial charge in [0.15, 0.2) is 0 Å². The molecular formula is C19H22N2O3S. The van der Waals surface area contributed by atoms with Crippen LogP contribution in [0.1, 0.15) is 36.0 Å². The molecule has 25 heavy (non-hydrogen) atoms. The summed E-state index contributed by atoms with van der Waals surface area (Å²) in [6.07, 6.45) is 3.71. The average Bonchev–Trinajstić information content (AvgIpc) is 2.82. The molecule has 1 aliphatic rings. The molecule has 0 amide bonds. The molecule has 0 aliphatic heterocycles. The molecule has 0 heterocycles. The molecule has 5 nitrogen and oxygen atoms in total. The van der Waals surface area contributed by atoms with Crippen molar-refractivity contribution in [2.24, 2.45) is 5.10 Å². The lowest BCUT2D eigenvalue weighted by molar-refractivity contribution is 0.414. The lowest BCUT2D eigenvalue weighted by Gasteiger charge is -2.11. The van der Waals surface area contributed by atoms with Gasteiger partial charge in [0.25, 0.3) is 10.0 Å². The Morgan fingerprint density at radius 1 is 1.04 bits per heavy atom. The van der Waals surface area contributed by atoms with Crippen LogP contribution in [-0.2, 0) is 16.4 Å². The first kappa shape index (κ1) is 17.5. The molecule has 0 radical (unpaired) electrons. The highest BCUT2D eigenvalue weighted by Crippen LogP contribution is 2.25. The van der Waals surface area contributed by atoms with E-state index in [2.05, 4.69) is 9.93 Å². The summed E-state index contributed by atoms with van der Waals surface area (Å²) in [4.78, 5) is 2.60. The molecule has 0 spiro atoms. The predicted octanol–water partition coefficient (Wildman–Crippen LogP) is 3.41. The average molecular weight is 358 g/mol. The van der Waals surface area contributed by atoms with Gasteiger partial charge in [0.05, 0.1) is 17.7 Å². The molecule has 2 aromatic rings. The predicted molar refractivity (Wildman–Crippen MR) is 98.6 cm³/mol. The molecule has 0 atom stereocenters. The zero-order valence-electron chi connectivity index (χ0n) is 14.5. The van der Waals surface area contributed by atoms with E-state index in [1.165, 1.54) is 0 Å². The Morgan fingerprint density at radius 3 is 2.48 bits per heavy atom. The van der Waals surface area contributed by atoms with Crippen LogP contribution in [-0.4, -0.2) is 21.2 Å². The Labute approximate surface area is 148 Å². The fraction of sp³-hybridized carbons (Fsp3) is 0.316. The molecule has 0 bridgehead atoms. The highest BCUT2D eigenvalue weighted by atomic mass is 32.2. The molecule has 0 fully saturated rings. The molecular weight excluding hydrogens is 336 g/mol. The molecule has 0 aromatic heterocycles. The van der Waals surface area contributed by atoms with Crippen LogP contribution >= 0.6 is 0 Å². The molecule has 6 heteroatoms. The number of nitrogens with one attached hydrogen (secondary N) is 1. The van der Waals surface area contributed by atoms with Crippen molar-refractivity contribution in [3.8, 4) is 5.75 Å². The first-order valence-corrected chi connectivity index (χ1v) is 9.80. The largest absolute Gasteiger partial charge is 0.497 e. The van der Waals surface area contributed by atoms with E-state index in [0.29, 0.717) is 0 Å². The smallest absolute Gasteiger partial charge is 0.276 e. The van der Waals surface area contributed by atoms with E-state index in [1.54, 1.807) is 31.4 Å². The summed E-state index contributed by atoms with van der Waals surface area (Å²) >= 11 is 0. The van der Waals surface area contributed by atoms with Crippen LogP contribution in [0.5, 0.6) is 5.75 Å². The Balaban J connectivity index is 1.90. The summed E-state index contributed by atoms with van der Waals surface area (Å²) in [5, 5.41) is 4.25. The molecule has 132 valence electrons. The van der Waals surface area contributed by atoms with E-state index in [1.807, 2.05) is 25.1 Å². The van der Waals surface area contributed by atoms with Gasteiger partial charge in [-0.1, -0.05) is 17.7 Å². The van der Waals surface area contributed by atoms with Crippen molar-refractivity contribution in [2.75, 3.05) is 7.11 Å². The Kier molecular flexibility index (Phi) is 5.08. The fourth-order valence-electron chi connectivity index (χ4n) is 2.93. The van der Waals surface area contributed by atoms with Gasteiger partial charge in [-0.15, -0.1) is 0 Å². The van der Waals surface area contributed by atoms with Gasteiger partial charge in [0, 0.05) is 5.56 Å². The van der Waals surface area contributed by atoms with E-state index >= 15 is 0 Å². The zero-order valence-corrected chi connectivity index (χ0v) is 15.3. The van der Waals surface area contributed by atoms with Crippen molar-refractivity contribution >= 4 is 15.7 Å². The summed E-state index contributed by atoms with van der Waals surface area (Å²) in [5.41, 5.74) is 3.91. The first-order chi connectivity index (χ1) is 12.0. The van der Waals surface area contributed by atoms with E-state index in [9.17, 15) is 8.42 Å². The SMILES string of the molecule is COc1ccc2c(c1)CCCC/C2=N\NS(=O)(=O)c1ccc(C)cc1. The quantitative estimate of drug-likeness (QED) is 0.673. The maximum Gasteiger partial charge on any atom is 0.276 e. The van der Waals surface area contributed by atoms with Gasteiger partial charge < -0.3 is 4.74 Å². The van der Waals surface area contributed by atoms with Crippen LogP contribution in [0.3, 0.4) is 0 Å². The van der Waals surface area contributed by atoms with Gasteiger partial charge in [-0.3, -0.25) is 0 Å². The summed E-state index contributed by atoms with van der Waals surface area (Å²) in [7, 11) is -2.02. The van der Waals surface area contributed by atoms with Crippen LogP contribution in [0.2, 0.25) is 0 Å². The lowest BCUT2D eigenvalue weighted by Crippen LogP contribution is -2.20. The highest BCUT2D eigenvalue weighted by molar-refractivity contribution is 7.89. The number of ether oxygens (including phenoxy) is 1. The number of hydrogen-bond acceptors (Lipinski definition) is 4. The molecule has 3 rings (SSSR count). The van der Waals surface area contributed by atoms with E-state index in [4.69, 9.17) is 4.74 Å². The highest BCUT2D eigenvalue weighted by Gasteiger charge is 2.17. The van der Waals surface area contributed by atoms with Crippen LogP contribution < -0.4 is 9.57 Å². The van der Waals surface area contributed by atoms with Crippen LogP contribution in [0.15, 0.2) is 52.5 Å². The summed E-state index contributed by atoms with van der Waals surface area (Å²) < 4.78 is 30.2. The molecule has 1 aliphatic carbocycles. The first-order valence-electron chi connectivity index (χ1n) is 8.32. The van der Waals surface area contributed by atoms with E-state index in [0.717, 1.165) is 53.8 Å². The van der Waals surface area contributed by atoms with Gasteiger partial charge in [0.1, 0.15) is 5.75 Å². The van der Waals surface area contributed by atoms with Crippen molar-refractivity contribution in [2.45, 2.75) is 37.5 Å². The van der Waals surface area contributed by atoms with Gasteiger partial charge in [0.2, 0.25) is 0 Å². The van der Waals surface area contributed by atoms with Gasteiger partial charge >= 0.3 is 0 Å². The van der Waals surface area contributed by atoms with Crippen molar-refractivity contribution in [1.29, 1.82) is 0 Å². The Morgan fingerprint density at radius 2 is 1.76 bits per heavy atom. The standard InChI is InChI=1S/C19H22N2O3S/c1-14-7-10-17(11-8-14)25(22,23)21-20-19-6-4-3-5-15-13-16(24-2)9-12-18(15)19/h7-13,21H,3-6H2,1-2H3/b20-19+. The minimum Gasteiger partial charge on any atom is -0.497 e. The number of sulfonamides is 1. The maximum atomic E-state index is 12.4. The third kappa shape index (κ3) is 4.02. The minimum atomic E-state index is -3.67. The van der Waals surface area contributed by atoms with E-state index in [-0.39, 0.29) is 4.90 Å². The number of hydrogen-bond donors (Lipinski definition) is 1. The number of methoxy groups -OCH3 is 1. The molecule has 2 aromatic carbocycles. The van der Waals surface area contributed by atoms with Crippen molar-refractivity contribution < 1.29 is 13.2 Å². The van der Waals surface area contributed by atoms with Crippen molar-refractivity contribution in [3.05, 3.63) is 59.2 Å². The summed E-state index contributed by atoms with van der Waals surface area (Å²) in [5.74, 6) is 0.806. The molecule has 1 N–H and O–H groups in total. The molecule has 0 saturated heterocycles. The molecule has 0 saturated carbocycles. The minimum absolute atomic E-state index is 0.214. The second kappa shape index (κ2) is 7.27. The normalized spacial score (nSPS) is 16.2. The number of fused-ring (bicyclic) bond motifs is 1. The number of nitrogens with zero attached hydrogens (tertiary/aromatic N) is 1. The number of benzene rings is 2. The Hall–Kier alpha value is -2.34. The zero-order chi connectivity index (χ0) is 17.9. The summed E-state index contributed by atoms with van der Waals surface area (Å²) in [6.45, 7) is 1.92. The number of rotatable bonds is 4. The Bertz CT molecular complexity index is 887. The maximum absolute atomic E-state index is 12.4. The molecule has 0 unspecified atom stereocenters. The second-order valence-corrected chi connectivity index (χ2v) is 7.86. The number of hydrazone groups is 1. The van der Waals surface area contributed by atoms with Gasteiger partial charge in [-0.05, 0) is 68.5 Å². The second-order valence-electron chi connectivity index (χ2n) is 6.20. The van der Waals surface area contributed by atoms with Crippen molar-refractivity contribution in [3.63, 3.8) is 0 Å².